The van der Waals surface area contributed by atoms with Gasteiger partial charge in [0, 0.05) is 29.9 Å². The van der Waals surface area contributed by atoms with Crippen LogP contribution in [0.4, 0.5) is 0 Å². The van der Waals surface area contributed by atoms with Crippen molar-refractivity contribution in [3.8, 4) is 5.69 Å². The molecule has 0 aliphatic carbocycles. The number of likely N-dealkylation sites (tertiary alicyclic amines) is 1. The van der Waals surface area contributed by atoms with Crippen LogP contribution in [0.15, 0.2) is 77.9 Å². The summed E-state index contributed by atoms with van der Waals surface area (Å²) in [6.07, 6.45) is 10.3. The van der Waals surface area contributed by atoms with Crippen LogP contribution in [0, 0.1) is 0 Å². The number of hydrogen-bond donors (Lipinski definition) is 0. The number of rotatable bonds is 6. The fourth-order valence-corrected chi connectivity index (χ4v) is 4.21. The van der Waals surface area contributed by atoms with Gasteiger partial charge in [-0.3, -0.25) is 14.0 Å². The molecule has 1 fully saturated rings. The van der Waals surface area contributed by atoms with Crippen molar-refractivity contribution in [1.29, 1.82) is 0 Å². The fraction of sp³-hybridized carbons (Fsp3) is 0.231. The Labute approximate surface area is 194 Å². The Hall–Kier alpha value is -3.15. The maximum Gasteiger partial charge on any atom is 0.255 e. The molecule has 32 heavy (non-hydrogen) atoms. The van der Waals surface area contributed by atoms with E-state index in [-0.39, 0.29) is 18.0 Å². The molecule has 5 rings (SSSR count). The van der Waals surface area contributed by atoms with Gasteiger partial charge >= 0.3 is 0 Å². The number of halogens is 1. The summed E-state index contributed by atoms with van der Waals surface area (Å²) >= 11 is 0. The zero-order chi connectivity index (χ0) is 21.0. The largest absolute Gasteiger partial charge is 0.301 e. The monoisotopic (exact) mass is 446 g/mol. The molecular formula is C26H27ClN4O. The van der Waals surface area contributed by atoms with E-state index >= 15 is 0 Å². The van der Waals surface area contributed by atoms with E-state index in [0.717, 1.165) is 40.8 Å². The van der Waals surface area contributed by atoms with Crippen molar-refractivity contribution in [2.75, 3.05) is 19.6 Å². The van der Waals surface area contributed by atoms with E-state index in [1.54, 1.807) is 10.6 Å². The number of nitrogens with zero attached hydrogens (tertiary/aromatic N) is 4. The van der Waals surface area contributed by atoms with Crippen molar-refractivity contribution < 1.29 is 0 Å². The molecule has 4 aromatic rings. The van der Waals surface area contributed by atoms with E-state index in [1.807, 2.05) is 73.1 Å². The lowest BCUT2D eigenvalue weighted by molar-refractivity contribution is 0.318. The highest BCUT2D eigenvalue weighted by Gasteiger charge is 2.12. The zero-order valence-corrected chi connectivity index (χ0v) is 18.7. The van der Waals surface area contributed by atoms with Gasteiger partial charge < -0.3 is 4.90 Å². The molecule has 0 spiro atoms. The molecule has 3 heterocycles. The quantitative estimate of drug-likeness (QED) is 0.424. The van der Waals surface area contributed by atoms with E-state index < -0.39 is 0 Å². The molecule has 2 aromatic heterocycles. The van der Waals surface area contributed by atoms with Crippen LogP contribution >= 0.6 is 12.4 Å². The van der Waals surface area contributed by atoms with Crippen LogP contribution in [-0.2, 0) is 6.54 Å². The third kappa shape index (κ3) is 4.85. The molecule has 1 aliphatic rings. The lowest BCUT2D eigenvalue weighted by atomic mass is 10.1. The van der Waals surface area contributed by atoms with Gasteiger partial charge in [0.2, 0.25) is 0 Å². The SMILES string of the molecule is Cl.O=c1cc(/C=C/c2ccccc2)ccn1-c1ccc2c(cnn2CCN2CCCC2)c1. The molecule has 0 radical (unpaired) electrons. The van der Waals surface area contributed by atoms with E-state index in [1.165, 1.54) is 25.9 Å². The molecule has 2 aromatic carbocycles. The highest BCUT2D eigenvalue weighted by atomic mass is 35.5. The molecule has 0 atom stereocenters. The summed E-state index contributed by atoms with van der Waals surface area (Å²) in [6, 6.07) is 19.8. The predicted octanol–water partition coefficient (Wildman–Crippen LogP) is 4.88. The molecule has 0 amide bonds. The van der Waals surface area contributed by atoms with Crippen LogP contribution in [0.3, 0.4) is 0 Å². The fourth-order valence-electron chi connectivity index (χ4n) is 4.21. The minimum absolute atomic E-state index is 0. The number of aromatic nitrogens is 3. The van der Waals surface area contributed by atoms with Gasteiger partial charge in [-0.2, -0.15) is 5.10 Å². The van der Waals surface area contributed by atoms with Crippen LogP contribution in [0.2, 0.25) is 0 Å². The summed E-state index contributed by atoms with van der Waals surface area (Å²) in [5.74, 6) is 0. The van der Waals surface area contributed by atoms with Gasteiger partial charge in [0.1, 0.15) is 0 Å². The molecule has 0 N–H and O–H groups in total. The number of fused-ring (bicyclic) bond motifs is 1. The maximum absolute atomic E-state index is 12.7. The zero-order valence-electron chi connectivity index (χ0n) is 17.9. The minimum atomic E-state index is -0.0454. The number of benzene rings is 2. The molecule has 1 aliphatic heterocycles. The molecule has 6 heteroatoms. The summed E-state index contributed by atoms with van der Waals surface area (Å²) in [5.41, 5.74) is 3.92. The molecule has 0 saturated carbocycles. The maximum atomic E-state index is 12.7. The topological polar surface area (TPSA) is 43.1 Å². The van der Waals surface area contributed by atoms with Crippen LogP contribution in [0.25, 0.3) is 28.7 Å². The highest BCUT2D eigenvalue weighted by molar-refractivity contribution is 5.85. The molecule has 0 bridgehead atoms. The summed E-state index contributed by atoms with van der Waals surface area (Å²) in [5, 5.41) is 5.63. The molecule has 5 nitrogen and oxygen atoms in total. The molecule has 0 unspecified atom stereocenters. The minimum Gasteiger partial charge on any atom is -0.301 e. The van der Waals surface area contributed by atoms with Gasteiger partial charge in [-0.1, -0.05) is 42.5 Å². The normalized spacial score (nSPS) is 14.2. The molecule has 164 valence electrons. The van der Waals surface area contributed by atoms with Crippen molar-refractivity contribution >= 4 is 35.5 Å². The summed E-state index contributed by atoms with van der Waals surface area (Å²) < 4.78 is 3.75. The second-order valence-electron chi connectivity index (χ2n) is 8.07. The Bertz CT molecular complexity index is 1270. The Morgan fingerprint density at radius 2 is 1.66 bits per heavy atom. The van der Waals surface area contributed by atoms with E-state index in [0.29, 0.717) is 0 Å². The van der Waals surface area contributed by atoms with Crippen molar-refractivity contribution in [1.82, 2.24) is 19.2 Å². The van der Waals surface area contributed by atoms with E-state index in [9.17, 15) is 4.79 Å². The molecular weight excluding hydrogens is 420 g/mol. The van der Waals surface area contributed by atoms with Crippen molar-refractivity contribution in [2.45, 2.75) is 19.4 Å². The Balaban J connectivity index is 0.00000245. The third-order valence-corrected chi connectivity index (χ3v) is 5.94. The second-order valence-corrected chi connectivity index (χ2v) is 8.07. The van der Waals surface area contributed by atoms with E-state index in [2.05, 4.69) is 20.7 Å². The van der Waals surface area contributed by atoms with Gasteiger partial charge in [0.25, 0.3) is 5.56 Å². The molecule has 1 saturated heterocycles. The number of hydrogen-bond acceptors (Lipinski definition) is 3. The van der Waals surface area contributed by atoms with E-state index in [4.69, 9.17) is 0 Å². The lowest BCUT2D eigenvalue weighted by Gasteiger charge is -2.14. The van der Waals surface area contributed by atoms with Crippen LogP contribution < -0.4 is 5.56 Å². The standard InChI is InChI=1S/C26H26N4O.ClH/c31-26-18-22(9-8-21-6-2-1-3-7-21)12-15-29(26)24-10-11-25-23(19-24)20-27-30(25)17-16-28-13-4-5-14-28;/h1-3,6-12,15,18-20H,4-5,13-14,16-17H2;1H/b9-8+;. The second kappa shape index (κ2) is 9.98. The van der Waals surface area contributed by atoms with Crippen LogP contribution in [0.1, 0.15) is 24.0 Å². The van der Waals surface area contributed by atoms with Crippen LogP contribution in [0.5, 0.6) is 0 Å². The van der Waals surface area contributed by atoms with Crippen LogP contribution in [-0.4, -0.2) is 38.9 Å². The third-order valence-electron chi connectivity index (χ3n) is 5.94. The van der Waals surface area contributed by atoms with Gasteiger partial charge in [-0.25, -0.2) is 0 Å². The average Bonchev–Trinajstić information content (AvgIpc) is 3.46. The first-order valence-electron chi connectivity index (χ1n) is 10.9. The van der Waals surface area contributed by atoms with Crippen molar-refractivity contribution in [2.24, 2.45) is 0 Å². The first-order chi connectivity index (χ1) is 15.3. The van der Waals surface area contributed by atoms with Gasteiger partial charge in [-0.05, 0) is 61.3 Å². The first-order valence-corrected chi connectivity index (χ1v) is 10.9. The van der Waals surface area contributed by atoms with Gasteiger partial charge in [0.15, 0.2) is 0 Å². The Kier molecular flexibility index (Phi) is 6.88. The highest BCUT2D eigenvalue weighted by Crippen LogP contribution is 2.19. The summed E-state index contributed by atoms with van der Waals surface area (Å²) in [6.45, 7) is 4.33. The lowest BCUT2D eigenvalue weighted by Crippen LogP contribution is -2.24. The van der Waals surface area contributed by atoms with Crippen molar-refractivity contribution in [3.63, 3.8) is 0 Å². The Morgan fingerprint density at radius 3 is 2.44 bits per heavy atom. The Morgan fingerprint density at radius 1 is 0.875 bits per heavy atom. The van der Waals surface area contributed by atoms with Crippen molar-refractivity contribution in [3.05, 3.63) is 94.5 Å². The predicted molar refractivity (Wildman–Crippen MR) is 134 cm³/mol. The average molecular weight is 447 g/mol. The summed E-state index contributed by atoms with van der Waals surface area (Å²) in [4.78, 5) is 15.2. The smallest absolute Gasteiger partial charge is 0.255 e. The van der Waals surface area contributed by atoms with Gasteiger partial charge in [0.05, 0.1) is 18.3 Å². The van der Waals surface area contributed by atoms with Gasteiger partial charge in [-0.15, -0.1) is 12.4 Å². The summed E-state index contributed by atoms with van der Waals surface area (Å²) in [7, 11) is 0. The first kappa shape index (κ1) is 22.1. The number of pyridine rings is 1.